The molecule has 2 unspecified atom stereocenters. The summed E-state index contributed by atoms with van der Waals surface area (Å²) in [4.78, 5) is 17.6. The van der Waals surface area contributed by atoms with Gasteiger partial charge in [0.2, 0.25) is 0 Å². The van der Waals surface area contributed by atoms with Crippen LogP contribution in [0.3, 0.4) is 0 Å². The third-order valence-electron chi connectivity index (χ3n) is 10.3. The van der Waals surface area contributed by atoms with Crippen molar-refractivity contribution in [2.75, 3.05) is 13.2 Å². The molecule has 0 bridgehead atoms. The molecule has 0 amide bonds. The highest BCUT2D eigenvalue weighted by Crippen LogP contribution is 2.36. The highest BCUT2D eigenvalue weighted by atomic mass is 79.9. The Balaban J connectivity index is 0.000000164. The van der Waals surface area contributed by atoms with E-state index in [0.717, 1.165) is 93.4 Å². The van der Waals surface area contributed by atoms with E-state index in [1.165, 1.54) is 12.8 Å². The first kappa shape index (κ1) is 43.1. The number of pyridine rings is 4. The quantitative estimate of drug-likeness (QED) is 0.159. The number of ether oxygens (including phenoxy) is 2. The van der Waals surface area contributed by atoms with Crippen molar-refractivity contribution >= 4 is 50.6 Å². The summed E-state index contributed by atoms with van der Waals surface area (Å²) < 4.78 is 28.4. The molecule has 0 aliphatic carbocycles. The van der Waals surface area contributed by atoms with Crippen molar-refractivity contribution in [1.82, 2.24) is 39.5 Å². The lowest BCUT2D eigenvalue weighted by Crippen LogP contribution is -2.41. The zero-order chi connectivity index (χ0) is 37.9. The second-order valence-electron chi connectivity index (χ2n) is 15.1. The number of nitrogens with zero attached hydrogens (tertiary/aromatic N) is 8. The van der Waals surface area contributed by atoms with E-state index in [1.807, 2.05) is 84.5 Å². The Bertz CT molecular complexity index is 2140. The van der Waals surface area contributed by atoms with Crippen molar-refractivity contribution in [2.45, 2.75) is 119 Å². The summed E-state index contributed by atoms with van der Waals surface area (Å²) in [5, 5.41) is 8.87. The van der Waals surface area contributed by atoms with Gasteiger partial charge in [0.25, 0.3) is 0 Å². The Labute approximate surface area is 340 Å². The van der Waals surface area contributed by atoms with Crippen LogP contribution in [0.1, 0.15) is 105 Å². The fraction of sp³-hybridized carbons (Fsp3) is 0.476. The van der Waals surface area contributed by atoms with E-state index in [0.29, 0.717) is 0 Å². The van der Waals surface area contributed by atoms with Crippen LogP contribution in [0.25, 0.3) is 33.2 Å². The number of halogens is 1. The SMILES string of the molecule is C.C.CC1(C)OB(c2cnn(C3CCCCO3)c2)OC1(C)C.Cc1ccc2ncc(-c3cnn(C4CCCCO4)c3)cc2n1.Cc1ccc2ncc(Br)cc2n1. The second kappa shape index (κ2) is 18.5. The highest BCUT2D eigenvalue weighted by molar-refractivity contribution is 9.10. The molecule has 0 N–H and O–H groups in total. The van der Waals surface area contributed by atoms with E-state index in [-0.39, 0.29) is 45.6 Å². The largest absolute Gasteiger partial charge is 0.498 e. The van der Waals surface area contributed by atoms with Gasteiger partial charge >= 0.3 is 7.12 Å². The number of aromatic nitrogens is 8. The minimum absolute atomic E-state index is 0. The van der Waals surface area contributed by atoms with E-state index in [4.69, 9.17) is 18.8 Å². The molecule has 3 fully saturated rings. The third kappa shape index (κ3) is 10.1. The summed E-state index contributed by atoms with van der Waals surface area (Å²) in [6, 6.07) is 12.0. The molecule has 3 saturated heterocycles. The van der Waals surface area contributed by atoms with Crippen molar-refractivity contribution in [2.24, 2.45) is 0 Å². The standard InChI is InChI=1S/C17H18N4O.C14H23BN2O3.C9H7BrN2.2CH4/c1-12-5-6-15-16(20-12)8-13(9-18-15)14-10-19-21(11-14)17-4-2-3-7-22-17;1-13(2)14(3,4)20-15(19-13)11-9-16-17(10-11)12-7-5-6-8-18-12;1-6-2-3-8-9(12-6)4-7(10)5-11-8;;/h5-6,8-11,17H,2-4,7H2,1H3;9-10,12H,5-8H2,1-4H3;2-5H,1H3;2*1H4. The molecule has 56 heavy (non-hydrogen) atoms. The molecular weight excluding hydrogens is 771 g/mol. The number of hydrogen-bond donors (Lipinski definition) is 0. The first-order valence-corrected chi connectivity index (χ1v) is 19.5. The van der Waals surface area contributed by atoms with Gasteiger partial charge in [0.1, 0.15) is 12.5 Å². The zero-order valence-electron chi connectivity index (χ0n) is 31.9. The summed E-state index contributed by atoms with van der Waals surface area (Å²) in [5.41, 5.74) is 8.12. The van der Waals surface area contributed by atoms with Crippen molar-refractivity contribution in [3.63, 3.8) is 0 Å². The molecule has 3 aliphatic heterocycles. The molecule has 0 saturated carbocycles. The third-order valence-corrected chi connectivity index (χ3v) is 10.7. The average Bonchev–Trinajstić information content (AvgIpc) is 3.91. The lowest BCUT2D eigenvalue weighted by Gasteiger charge is -2.32. The normalized spacial score (nSPS) is 19.9. The van der Waals surface area contributed by atoms with Gasteiger partial charge in [-0.3, -0.25) is 19.9 Å². The lowest BCUT2D eigenvalue weighted by molar-refractivity contribution is -0.0395. The average molecular weight is 828 g/mol. The van der Waals surface area contributed by atoms with Gasteiger partial charge in [0.05, 0.1) is 39.5 Å². The van der Waals surface area contributed by atoms with Crippen LogP contribution in [-0.2, 0) is 18.8 Å². The van der Waals surface area contributed by atoms with Crippen LogP contribution < -0.4 is 5.46 Å². The van der Waals surface area contributed by atoms with Gasteiger partial charge in [-0.15, -0.1) is 0 Å². The zero-order valence-corrected chi connectivity index (χ0v) is 33.5. The molecule has 9 heterocycles. The first-order valence-electron chi connectivity index (χ1n) is 18.7. The van der Waals surface area contributed by atoms with Crippen LogP contribution in [0.5, 0.6) is 0 Å². The molecule has 6 aromatic rings. The predicted octanol–water partition coefficient (Wildman–Crippen LogP) is 9.36. The Kier molecular flexibility index (Phi) is 14.2. The fourth-order valence-electron chi connectivity index (χ4n) is 6.47. The maximum absolute atomic E-state index is 6.03. The topological polar surface area (TPSA) is 124 Å². The summed E-state index contributed by atoms with van der Waals surface area (Å²) >= 11 is 3.35. The molecule has 6 aromatic heterocycles. The number of aryl methyl sites for hydroxylation is 2. The molecule has 12 nitrogen and oxygen atoms in total. The number of fused-ring (bicyclic) bond motifs is 2. The minimum atomic E-state index is -0.350. The van der Waals surface area contributed by atoms with Crippen LogP contribution in [0.2, 0.25) is 0 Å². The summed E-state index contributed by atoms with van der Waals surface area (Å²) in [5.74, 6) is 0. The van der Waals surface area contributed by atoms with Gasteiger partial charge in [0.15, 0.2) is 0 Å². The maximum atomic E-state index is 6.03. The predicted molar refractivity (Wildman–Crippen MR) is 227 cm³/mol. The van der Waals surface area contributed by atoms with Crippen LogP contribution >= 0.6 is 15.9 Å². The van der Waals surface area contributed by atoms with Crippen LogP contribution in [-0.4, -0.2) is 71.0 Å². The number of rotatable bonds is 4. The first-order chi connectivity index (χ1) is 25.9. The summed E-state index contributed by atoms with van der Waals surface area (Å²) in [6.45, 7) is 13.8. The van der Waals surface area contributed by atoms with Gasteiger partial charge < -0.3 is 18.8 Å². The fourth-order valence-corrected chi connectivity index (χ4v) is 6.79. The highest BCUT2D eigenvalue weighted by Gasteiger charge is 2.52. The van der Waals surface area contributed by atoms with E-state index >= 15 is 0 Å². The minimum Gasteiger partial charge on any atom is -0.399 e. The van der Waals surface area contributed by atoms with E-state index < -0.39 is 0 Å². The Morgan fingerprint density at radius 3 is 1.75 bits per heavy atom. The molecule has 0 aromatic carbocycles. The Morgan fingerprint density at radius 1 is 0.643 bits per heavy atom. The molecule has 0 spiro atoms. The van der Waals surface area contributed by atoms with Crippen LogP contribution in [0.15, 0.2) is 78.1 Å². The Hall–Kier alpha value is -4.08. The van der Waals surface area contributed by atoms with Crippen LogP contribution in [0, 0.1) is 13.8 Å². The molecule has 298 valence electrons. The smallest absolute Gasteiger partial charge is 0.399 e. The van der Waals surface area contributed by atoms with E-state index in [9.17, 15) is 0 Å². The van der Waals surface area contributed by atoms with Gasteiger partial charge in [-0.25, -0.2) is 9.36 Å². The summed E-state index contributed by atoms with van der Waals surface area (Å²) in [6.07, 6.45) is 18.2. The van der Waals surface area contributed by atoms with Crippen molar-refractivity contribution < 1.29 is 18.8 Å². The lowest BCUT2D eigenvalue weighted by atomic mass is 9.82. The Morgan fingerprint density at radius 2 is 1.18 bits per heavy atom. The van der Waals surface area contributed by atoms with E-state index in [1.54, 1.807) is 6.20 Å². The second-order valence-corrected chi connectivity index (χ2v) is 16.0. The molecule has 2 atom stereocenters. The molecular formula is C42H56BBrN8O4. The summed E-state index contributed by atoms with van der Waals surface area (Å²) in [7, 11) is -0.350. The van der Waals surface area contributed by atoms with Crippen molar-refractivity contribution in [3.05, 3.63) is 89.4 Å². The van der Waals surface area contributed by atoms with E-state index in [2.05, 4.69) is 79.8 Å². The molecule has 0 radical (unpaired) electrons. The molecule has 14 heteroatoms. The number of hydrogen-bond acceptors (Lipinski definition) is 10. The van der Waals surface area contributed by atoms with Gasteiger partial charge in [-0.2, -0.15) is 10.2 Å². The van der Waals surface area contributed by atoms with Crippen molar-refractivity contribution in [1.29, 1.82) is 0 Å². The van der Waals surface area contributed by atoms with Crippen molar-refractivity contribution in [3.8, 4) is 11.1 Å². The molecule has 9 rings (SSSR count). The molecule has 3 aliphatic rings. The van der Waals surface area contributed by atoms with Crippen LogP contribution in [0.4, 0.5) is 0 Å². The van der Waals surface area contributed by atoms with Gasteiger partial charge in [0, 0.05) is 76.6 Å². The monoisotopic (exact) mass is 826 g/mol. The maximum Gasteiger partial charge on any atom is 0.498 e. The van der Waals surface area contributed by atoms with Gasteiger partial charge in [-0.05, 0) is 132 Å². The van der Waals surface area contributed by atoms with Gasteiger partial charge in [-0.1, -0.05) is 14.9 Å².